The van der Waals surface area contributed by atoms with Crippen molar-refractivity contribution in [3.63, 3.8) is 0 Å². The molecule has 1 aliphatic heterocycles. The fraction of sp³-hybridized carbons (Fsp3) is 0.714. The number of rotatable bonds is 2. The van der Waals surface area contributed by atoms with Crippen molar-refractivity contribution in [1.82, 2.24) is 4.90 Å². The number of carbonyl (C=O) groups is 1. The number of Topliss-reactive ketones (excluding diaryl/α,β-unsaturated/α-hetero) is 1. The van der Waals surface area contributed by atoms with Crippen molar-refractivity contribution in [3.8, 4) is 6.07 Å². The van der Waals surface area contributed by atoms with E-state index in [9.17, 15) is 10.1 Å². The van der Waals surface area contributed by atoms with Crippen LogP contribution < -0.4 is 0 Å². The Hall–Kier alpha value is -1.30. The molecule has 1 rings (SSSR count). The third-order valence-corrected chi connectivity index (χ3v) is 3.40. The van der Waals surface area contributed by atoms with Gasteiger partial charge in [0, 0.05) is 24.9 Å². The Morgan fingerprint density at radius 2 is 2.12 bits per heavy atom. The Balaban J connectivity index is 3.15. The van der Waals surface area contributed by atoms with Crippen molar-refractivity contribution in [1.29, 1.82) is 5.26 Å². The van der Waals surface area contributed by atoms with Crippen LogP contribution in [0.1, 0.15) is 40.5 Å². The Morgan fingerprint density at radius 1 is 1.53 bits per heavy atom. The third kappa shape index (κ3) is 2.69. The molecule has 0 bridgehead atoms. The quantitative estimate of drug-likeness (QED) is 0.738. The maximum atomic E-state index is 12.4. The molecular formula is C14H22N2O. The van der Waals surface area contributed by atoms with Gasteiger partial charge in [-0.05, 0) is 18.4 Å². The summed E-state index contributed by atoms with van der Waals surface area (Å²) in [4.78, 5) is 14.4. The molecule has 0 saturated heterocycles. The summed E-state index contributed by atoms with van der Waals surface area (Å²) in [5.74, 6) is 0.195. The second-order valence-corrected chi connectivity index (χ2v) is 5.72. The molecule has 0 fully saturated rings. The Bertz CT molecular complexity index is 382. The Morgan fingerprint density at radius 3 is 2.53 bits per heavy atom. The molecule has 0 amide bonds. The molecule has 1 atom stereocenters. The molecule has 0 aromatic rings. The number of ketones is 1. The van der Waals surface area contributed by atoms with Gasteiger partial charge >= 0.3 is 0 Å². The van der Waals surface area contributed by atoms with Crippen molar-refractivity contribution < 1.29 is 4.79 Å². The largest absolute Gasteiger partial charge is 0.366 e. The van der Waals surface area contributed by atoms with Crippen LogP contribution in [0.15, 0.2) is 11.3 Å². The second kappa shape index (κ2) is 4.91. The smallest absolute Gasteiger partial charge is 0.145 e. The molecule has 1 heterocycles. The normalized spacial score (nSPS) is 21.4. The van der Waals surface area contributed by atoms with Crippen molar-refractivity contribution in [2.24, 2.45) is 11.3 Å². The molecule has 0 saturated carbocycles. The van der Waals surface area contributed by atoms with E-state index in [1.807, 2.05) is 39.6 Å². The van der Waals surface area contributed by atoms with E-state index in [0.29, 0.717) is 5.70 Å². The minimum Gasteiger partial charge on any atom is -0.366 e. The van der Waals surface area contributed by atoms with E-state index in [1.54, 1.807) is 0 Å². The van der Waals surface area contributed by atoms with Crippen LogP contribution >= 0.6 is 0 Å². The molecule has 1 aliphatic rings. The molecule has 0 aliphatic carbocycles. The summed E-state index contributed by atoms with van der Waals surface area (Å²) >= 11 is 0. The molecule has 1 unspecified atom stereocenters. The van der Waals surface area contributed by atoms with E-state index in [-0.39, 0.29) is 17.1 Å². The molecule has 3 heteroatoms. The number of allylic oxidation sites excluding steroid dienone is 2. The van der Waals surface area contributed by atoms with Crippen LogP contribution in [-0.4, -0.2) is 24.3 Å². The molecule has 0 radical (unpaired) electrons. The van der Waals surface area contributed by atoms with E-state index in [4.69, 9.17) is 0 Å². The predicted octanol–water partition coefficient (Wildman–Crippen LogP) is 2.74. The van der Waals surface area contributed by atoms with Gasteiger partial charge in [0.2, 0.25) is 0 Å². The third-order valence-electron chi connectivity index (χ3n) is 3.40. The summed E-state index contributed by atoms with van der Waals surface area (Å²) < 4.78 is 0. The molecular weight excluding hydrogens is 212 g/mol. The van der Waals surface area contributed by atoms with Crippen LogP contribution in [0.4, 0.5) is 0 Å². The van der Waals surface area contributed by atoms with E-state index in [1.165, 1.54) is 0 Å². The lowest BCUT2D eigenvalue weighted by Crippen LogP contribution is -2.37. The van der Waals surface area contributed by atoms with E-state index < -0.39 is 0 Å². The molecule has 0 aromatic carbocycles. The van der Waals surface area contributed by atoms with Gasteiger partial charge in [0.1, 0.15) is 17.5 Å². The van der Waals surface area contributed by atoms with Gasteiger partial charge in [0.15, 0.2) is 0 Å². The number of hydrogen-bond acceptors (Lipinski definition) is 3. The van der Waals surface area contributed by atoms with Gasteiger partial charge in [-0.1, -0.05) is 27.7 Å². The van der Waals surface area contributed by atoms with Crippen molar-refractivity contribution in [3.05, 3.63) is 11.3 Å². The fourth-order valence-corrected chi connectivity index (χ4v) is 2.40. The predicted molar refractivity (Wildman–Crippen MR) is 68.1 cm³/mol. The van der Waals surface area contributed by atoms with E-state index >= 15 is 0 Å². The minimum atomic E-state index is -0.332. The SMILES string of the molecule is CCC1=C(C#N)N(C)CCC1C(=O)C(C)(C)C. The van der Waals surface area contributed by atoms with Crippen LogP contribution in [-0.2, 0) is 4.79 Å². The van der Waals surface area contributed by atoms with E-state index in [0.717, 1.165) is 25.0 Å². The van der Waals surface area contributed by atoms with Gasteiger partial charge in [0.05, 0.1) is 0 Å². The van der Waals surface area contributed by atoms with Crippen LogP contribution in [0.25, 0.3) is 0 Å². The molecule has 0 aromatic heterocycles. The topological polar surface area (TPSA) is 44.1 Å². The first-order valence-electron chi connectivity index (χ1n) is 6.21. The van der Waals surface area contributed by atoms with Gasteiger partial charge < -0.3 is 4.90 Å². The van der Waals surface area contributed by atoms with E-state index in [2.05, 4.69) is 6.07 Å². The van der Waals surface area contributed by atoms with Crippen molar-refractivity contribution in [2.75, 3.05) is 13.6 Å². The Kier molecular flexibility index (Phi) is 3.98. The highest BCUT2D eigenvalue weighted by molar-refractivity contribution is 5.88. The van der Waals surface area contributed by atoms with Crippen LogP contribution in [0, 0.1) is 22.7 Å². The van der Waals surface area contributed by atoms with Gasteiger partial charge in [-0.25, -0.2) is 0 Å². The average Bonchev–Trinajstić information content (AvgIpc) is 2.26. The van der Waals surface area contributed by atoms with Gasteiger partial charge in [0.25, 0.3) is 0 Å². The van der Waals surface area contributed by atoms with Gasteiger partial charge in [-0.3, -0.25) is 4.79 Å². The molecule has 17 heavy (non-hydrogen) atoms. The molecule has 0 spiro atoms. The Labute approximate surface area is 104 Å². The maximum Gasteiger partial charge on any atom is 0.145 e. The van der Waals surface area contributed by atoms with Crippen molar-refractivity contribution >= 4 is 5.78 Å². The highest BCUT2D eigenvalue weighted by atomic mass is 16.1. The highest BCUT2D eigenvalue weighted by Gasteiger charge is 2.35. The standard InChI is InChI=1S/C14H22N2O/c1-6-10-11(13(17)14(2,3)4)7-8-16(5)12(10)9-15/h11H,6-8H2,1-5H3. The van der Waals surface area contributed by atoms with Crippen LogP contribution in [0.2, 0.25) is 0 Å². The summed E-state index contributed by atoms with van der Waals surface area (Å²) in [5, 5.41) is 9.20. The molecule has 3 nitrogen and oxygen atoms in total. The summed E-state index contributed by atoms with van der Waals surface area (Å²) in [6, 6.07) is 2.24. The first-order valence-corrected chi connectivity index (χ1v) is 6.21. The lowest BCUT2D eigenvalue weighted by atomic mass is 9.75. The average molecular weight is 234 g/mol. The lowest BCUT2D eigenvalue weighted by Gasteiger charge is -2.34. The summed E-state index contributed by atoms with van der Waals surface area (Å²) in [6.07, 6.45) is 1.61. The fourth-order valence-electron chi connectivity index (χ4n) is 2.40. The molecule has 0 N–H and O–H groups in total. The van der Waals surface area contributed by atoms with Crippen LogP contribution in [0.5, 0.6) is 0 Å². The first-order chi connectivity index (χ1) is 7.82. The summed E-state index contributed by atoms with van der Waals surface area (Å²) in [7, 11) is 1.92. The van der Waals surface area contributed by atoms with Gasteiger partial charge in [-0.15, -0.1) is 0 Å². The zero-order valence-corrected chi connectivity index (χ0v) is 11.5. The minimum absolute atomic E-state index is 0.0640. The van der Waals surface area contributed by atoms with Crippen LogP contribution in [0.3, 0.4) is 0 Å². The molecule has 94 valence electrons. The lowest BCUT2D eigenvalue weighted by molar-refractivity contribution is -0.129. The summed E-state index contributed by atoms with van der Waals surface area (Å²) in [6.45, 7) is 8.67. The number of nitriles is 1. The monoisotopic (exact) mass is 234 g/mol. The number of hydrogen-bond donors (Lipinski definition) is 0. The number of carbonyl (C=O) groups excluding carboxylic acids is 1. The highest BCUT2D eigenvalue weighted by Crippen LogP contribution is 2.34. The zero-order valence-electron chi connectivity index (χ0n) is 11.5. The van der Waals surface area contributed by atoms with Crippen molar-refractivity contribution in [2.45, 2.75) is 40.5 Å². The zero-order chi connectivity index (χ0) is 13.2. The van der Waals surface area contributed by atoms with Gasteiger partial charge in [-0.2, -0.15) is 5.26 Å². The summed E-state index contributed by atoms with van der Waals surface area (Å²) in [5.41, 5.74) is 1.38. The second-order valence-electron chi connectivity index (χ2n) is 5.72. The first kappa shape index (κ1) is 13.8. The maximum absolute atomic E-state index is 12.4. The number of nitrogens with zero attached hydrogens (tertiary/aromatic N) is 2.